The van der Waals surface area contributed by atoms with Crippen molar-refractivity contribution in [1.29, 1.82) is 0 Å². The van der Waals surface area contributed by atoms with Gasteiger partial charge in [-0.1, -0.05) is 48.5 Å². The fourth-order valence-electron chi connectivity index (χ4n) is 4.36. The van der Waals surface area contributed by atoms with Crippen molar-refractivity contribution in [2.75, 3.05) is 0 Å². The molecule has 110 valence electrons. The van der Waals surface area contributed by atoms with Crippen LogP contribution in [0.25, 0.3) is 43.1 Å². The minimum absolute atomic E-state index is 0.384. The van der Waals surface area contributed by atoms with Crippen LogP contribution in [0.1, 0.15) is 20.7 Å². The number of carbonyl (C=O) groups is 2. The molecular weight excluding hydrogens is 296 g/mol. The number of fused-ring (bicyclic) bond motifs is 2. The molecule has 2 nitrogen and oxygen atoms in total. The van der Waals surface area contributed by atoms with Crippen LogP contribution in [-0.2, 0) is 0 Å². The number of hydrogen-bond donors (Lipinski definition) is 0. The average molecular weight is 306 g/mol. The predicted molar refractivity (Wildman–Crippen MR) is 96.3 cm³/mol. The van der Waals surface area contributed by atoms with Gasteiger partial charge in [0.1, 0.15) is 0 Å². The number of Topliss-reactive ketones (excluding diaryl/α,β-unsaturated/α-hetero) is 2. The van der Waals surface area contributed by atoms with Gasteiger partial charge in [-0.25, -0.2) is 0 Å². The molecule has 0 bridgehead atoms. The normalized spacial score (nSPS) is 14.0. The number of rotatable bonds is 0. The Balaban J connectivity index is 2.07. The fourth-order valence-corrected chi connectivity index (χ4v) is 4.36. The molecular formula is C22H10O2. The molecule has 0 saturated heterocycles. The molecule has 5 aromatic rings. The van der Waals surface area contributed by atoms with E-state index in [2.05, 4.69) is 36.4 Å². The van der Waals surface area contributed by atoms with E-state index in [1.165, 1.54) is 21.5 Å². The SMILES string of the molecule is O=C1C(=O)c2ccc3c4cccc5cccc(c6ccc1c2c63)c54. The molecule has 0 aliphatic heterocycles. The van der Waals surface area contributed by atoms with Gasteiger partial charge in [0.25, 0.3) is 0 Å². The average Bonchev–Trinajstić information content (AvgIpc) is 2.88. The number of carbonyl (C=O) groups excluding carboxylic acids is 2. The summed E-state index contributed by atoms with van der Waals surface area (Å²) < 4.78 is 0. The molecule has 24 heavy (non-hydrogen) atoms. The quantitative estimate of drug-likeness (QED) is 0.226. The Morgan fingerprint density at radius 3 is 1.50 bits per heavy atom. The van der Waals surface area contributed by atoms with Gasteiger partial charge in [-0.15, -0.1) is 0 Å². The topological polar surface area (TPSA) is 34.1 Å². The lowest BCUT2D eigenvalue weighted by Gasteiger charge is -2.14. The summed E-state index contributed by atoms with van der Waals surface area (Å²) in [4.78, 5) is 24.6. The van der Waals surface area contributed by atoms with Crippen LogP contribution < -0.4 is 0 Å². The molecule has 2 heteroatoms. The highest BCUT2D eigenvalue weighted by atomic mass is 16.2. The van der Waals surface area contributed by atoms with Crippen molar-refractivity contribution in [2.45, 2.75) is 0 Å². The van der Waals surface area contributed by atoms with Crippen molar-refractivity contribution in [1.82, 2.24) is 0 Å². The van der Waals surface area contributed by atoms with Crippen molar-refractivity contribution in [2.24, 2.45) is 0 Å². The molecule has 0 saturated carbocycles. The molecule has 0 atom stereocenters. The summed E-state index contributed by atoms with van der Waals surface area (Å²) in [6.07, 6.45) is 0. The largest absolute Gasteiger partial charge is 0.285 e. The standard InChI is InChI=1S/C22H10O2/c23-21-16-9-7-14-12-5-1-3-11-4-2-6-13(18(11)12)15-8-10-17(22(21)24)20(16)19(14)15/h1-10H. The highest BCUT2D eigenvalue weighted by Gasteiger charge is 2.32. The molecule has 0 heterocycles. The zero-order valence-corrected chi connectivity index (χ0v) is 12.6. The first kappa shape index (κ1) is 12.2. The van der Waals surface area contributed by atoms with E-state index in [0.29, 0.717) is 11.1 Å². The molecule has 0 fully saturated rings. The van der Waals surface area contributed by atoms with Gasteiger partial charge in [0, 0.05) is 16.5 Å². The van der Waals surface area contributed by atoms with E-state index in [0.717, 1.165) is 21.5 Å². The third-order valence-electron chi connectivity index (χ3n) is 5.34. The van der Waals surface area contributed by atoms with Gasteiger partial charge in [0.15, 0.2) is 0 Å². The first-order valence-corrected chi connectivity index (χ1v) is 7.97. The highest BCUT2D eigenvalue weighted by Crippen LogP contribution is 2.43. The molecule has 6 rings (SSSR count). The van der Waals surface area contributed by atoms with Crippen molar-refractivity contribution in [3.05, 3.63) is 71.8 Å². The Morgan fingerprint density at radius 2 is 0.958 bits per heavy atom. The van der Waals surface area contributed by atoms with Crippen LogP contribution in [0.4, 0.5) is 0 Å². The van der Waals surface area contributed by atoms with Crippen LogP contribution >= 0.6 is 0 Å². The molecule has 0 aromatic heterocycles. The molecule has 0 radical (unpaired) electrons. The summed E-state index contributed by atoms with van der Waals surface area (Å²) >= 11 is 0. The second-order valence-electron chi connectivity index (χ2n) is 6.44. The smallest absolute Gasteiger partial charge is 0.234 e. The summed E-state index contributed by atoms with van der Waals surface area (Å²) in [5.74, 6) is -0.767. The summed E-state index contributed by atoms with van der Waals surface area (Å²) in [6.45, 7) is 0. The van der Waals surface area contributed by atoms with E-state index in [1.807, 2.05) is 24.3 Å². The van der Waals surface area contributed by atoms with Gasteiger partial charge in [0.2, 0.25) is 11.6 Å². The van der Waals surface area contributed by atoms with E-state index in [-0.39, 0.29) is 11.6 Å². The van der Waals surface area contributed by atoms with Crippen LogP contribution in [-0.4, -0.2) is 11.6 Å². The lowest BCUT2D eigenvalue weighted by molar-refractivity contribution is 0.0825. The maximum Gasteiger partial charge on any atom is 0.234 e. The van der Waals surface area contributed by atoms with Crippen LogP contribution in [0.3, 0.4) is 0 Å². The Bertz CT molecular complexity index is 1280. The second-order valence-corrected chi connectivity index (χ2v) is 6.44. The zero-order chi connectivity index (χ0) is 16.0. The lowest BCUT2D eigenvalue weighted by Crippen LogP contribution is -2.05. The van der Waals surface area contributed by atoms with E-state index in [4.69, 9.17) is 0 Å². The summed E-state index contributed by atoms with van der Waals surface area (Å²) in [5, 5.41) is 8.87. The van der Waals surface area contributed by atoms with E-state index < -0.39 is 0 Å². The Labute approximate surface area is 136 Å². The molecule has 0 amide bonds. The summed E-state index contributed by atoms with van der Waals surface area (Å²) in [5.41, 5.74) is 1.09. The highest BCUT2D eigenvalue weighted by molar-refractivity contribution is 6.58. The molecule has 1 aliphatic carbocycles. The maximum absolute atomic E-state index is 12.3. The van der Waals surface area contributed by atoms with Gasteiger partial charge in [-0.05, 0) is 49.8 Å². The summed E-state index contributed by atoms with van der Waals surface area (Å²) in [6, 6.07) is 20.2. The Hall–Kier alpha value is -3.26. The predicted octanol–water partition coefficient (Wildman–Crippen LogP) is 5.12. The Kier molecular flexibility index (Phi) is 1.93. The minimum atomic E-state index is -0.384. The van der Waals surface area contributed by atoms with Gasteiger partial charge < -0.3 is 0 Å². The molecule has 0 N–H and O–H groups in total. The van der Waals surface area contributed by atoms with Crippen molar-refractivity contribution in [3.8, 4) is 0 Å². The van der Waals surface area contributed by atoms with Crippen LogP contribution in [0.2, 0.25) is 0 Å². The zero-order valence-electron chi connectivity index (χ0n) is 12.6. The summed E-state index contributed by atoms with van der Waals surface area (Å²) in [7, 11) is 0. The monoisotopic (exact) mass is 306 g/mol. The molecule has 1 aliphatic rings. The van der Waals surface area contributed by atoms with Crippen LogP contribution in [0.15, 0.2) is 60.7 Å². The first-order valence-electron chi connectivity index (χ1n) is 7.97. The van der Waals surface area contributed by atoms with Crippen molar-refractivity contribution < 1.29 is 9.59 Å². The maximum atomic E-state index is 12.3. The van der Waals surface area contributed by atoms with Crippen LogP contribution in [0.5, 0.6) is 0 Å². The van der Waals surface area contributed by atoms with Gasteiger partial charge >= 0.3 is 0 Å². The molecule has 5 aromatic carbocycles. The number of hydrogen-bond acceptors (Lipinski definition) is 2. The third-order valence-corrected chi connectivity index (χ3v) is 5.34. The van der Waals surface area contributed by atoms with Crippen molar-refractivity contribution >= 4 is 54.7 Å². The Morgan fingerprint density at radius 1 is 0.458 bits per heavy atom. The van der Waals surface area contributed by atoms with E-state index in [1.54, 1.807) is 0 Å². The van der Waals surface area contributed by atoms with Gasteiger partial charge in [0.05, 0.1) is 0 Å². The first-order chi connectivity index (χ1) is 11.8. The van der Waals surface area contributed by atoms with E-state index in [9.17, 15) is 9.59 Å². The number of ketones is 2. The third kappa shape index (κ3) is 1.18. The fraction of sp³-hybridized carbons (Fsp3) is 0. The molecule has 0 spiro atoms. The van der Waals surface area contributed by atoms with Gasteiger partial charge in [-0.3, -0.25) is 9.59 Å². The second kappa shape index (κ2) is 3.80. The van der Waals surface area contributed by atoms with Crippen LogP contribution in [0, 0.1) is 0 Å². The molecule has 0 unspecified atom stereocenters. The van der Waals surface area contributed by atoms with Crippen molar-refractivity contribution in [3.63, 3.8) is 0 Å². The minimum Gasteiger partial charge on any atom is -0.285 e. The lowest BCUT2D eigenvalue weighted by atomic mass is 9.88. The van der Waals surface area contributed by atoms with E-state index >= 15 is 0 Å². The van der Waals surface area contributed by atoms with Gasteiger partial charge in [-0.2, -0.15) is 0 Å². The number of benzene rings is 5.